The molecule has 1 aromatic carbocycles. The SMILES string of the molecule is O=C(Cn1cccn1)Nc1ccccc1S(=O)(=O)F. The van der Waals surface area contributed by atoms with Crippen molar-refractivity contribution >= 4 is 21.8 Å². The Morgan fingerprint density at radius 1 is 1.32 bits per heavy atom. The zero-order valence-electron chi connectivity index (χ0n) is 9.65. The molecule has 0 bridgehead atoms. The molecule has 0 unspecified atom stereocenters. The molecule has 0 aliphatic heterocycles. The predicted molar refractivity (Wildman–Crippen MR) is 65.6 cm³/mol. The smallest absolute Gasteiger partial charge is 0.323 e. The van der Waals surface area contributed by atoms with Gasteiger partial charge in [0.25, 0.3) is 0 Å². The zero-order valence-corrected chi connectivity index (χ0v) is 10.5. The summed E-state index contributed by atoms with van der Waals surface area (Å²) in [5.41, 5.74) is -0.0952. The summed E-state index contributed by atoms with van der Waals surface area (Å²) in [5.74, 6) is -0.500. The van der Waals surface area contributed by atoms with Crippen LogP contribution in [0.3, 0.4) is 0 Å². The van der Waals surface area contributed by atoms with Crippen LogP contribution in [0, 0.1) is 0 Å². The Labute approximate surface area is 109 Å². The van der Waals surface area contributed by atoms with E-state index >= 15 is 0 Å². The van der Waals surface area contributed by atoms with Crippen molar-refractivity contribution in [2.75, 3.05) is 5.32 Å². The van der Waals surface area contributed by atoms with Crippen LogP contribution in [-0.4, -0.2) is 24.1 Å². The summed E-state index contributed by atoms with van der Waals surface area (Å²) in [5, 5.41) is 6.17. The highest BCUT2D eigenvalue weighted by Gasteiger charge is 2.18. The minimum absolute atomic E-state index is 0.0896. The number of benzene rings is 1. The number of para-hydroxylation sites is 1. The number of halogens is 1. The number of rotatable bonds is 4. The first-order chi connectivity index (χ1) is 8.97. The van der Waals surface area contributed by atoms with Gasteiger partial charge in [-0.25, -0.2) is 0 Å². The Morgan fingerprint density at radius 3 is 2.68 bits per heavy atom. The second kappa shape index (κ2) is 5.19. The van der Waals surface area contributed by atoms with Crippen LogP contribution in [0.5, 0.6) is 0 Å². The molecule has 2 aromatic rings. The lowest BCUT2D eigenvalue weighted by molar-refractivity contribution is -0.116. The van der Waals surface area contributed by atoms with Crippen LogP contribution in [0.15, 0.2) is 47.6 Å². The molecule has 8 heteroatoms. The van der Waals surface area contributed by atoms with Crippen LogP contribution in [0.1, 0.15) is 0 Å². The Morgan fingerprint density at radius 2 is 2.05 bits per heavy atom. The van der Waals surface area contributed by atoms with Crippen molar-refractivity contribution in [2.24, 2.45) is 0 Å². The van der Waals surface area contributed by atoms with Crippen molar-refractivity contribution in [3.63, 3.8) is 0 Å². The molecule has 1 aromatic heterocycles. The molecule has 0 fully saturated rings. The highest BCUT2D eigenvalue weighted by atomic mass is 32.3. The van der Waals surface area contributed by atoms with Crippen molar-refractivity contribution < 1.29 is 17.1 Å². The molecule has 1 N–H and O–H groups in total. The molecule has 1 heterocycles. The van der Waals surface area contributed by atoms with Crippen LogP contribution >= 0.6 is 0 Å². The van der Waals surface area contributed by atoms with Crippen LogP contribution in [0.2, 0.25) is 0 Å². The lowest BCUT2D eigenvalue weighted by Gasteiger charge is -2.08. The Hall–Kier alpha value is -2.22. The number of nitrogens with one attached hydrogen (secondary N) is 1. The first-order valence-electron chi connectivity index (χ1n) is 5.28. The number of aromatic nitrogens is 2. The fourth-order valence-corrected chi connectivity index (χ4v) is 2.14. The normalized spacial score (nSPS) is 11.2. The minimum Gasteiger partial charge on any atom is -0.323 e. The van der Waals surface area contributed by atoms with Crippen molar-refractivity contribution in [3.05, 3.63) is 42.7 Å². The first-order valence-corrected chi connectivity index (χ1v) is 6.66. The number of carbonyl (C=O) groups is 1. The summed E-state index contributed by atoms with van der Waals surface area (Å²) in [7, 11) is -4.88. The third-order valence-electron chi connectivity index (χ3n) is 2.29. The molecule has 6 nitrogen and oxygen atoms in total. The number of anilines is 1. The molecule has 100 valence electrons. The molecule has 0 saturated heterocycles. The second-order valence-electron chi connectivity index (χ2n) is 3.69. The van der Waals surface area contributed by atoms with E-state index in [1.165, 1.54) is 29.1 Å². The minimum atomic E-state index is -4.88. The molecule has 0 atom stereocenters. The summed E-state index contributed by atoms with van der Waals surface area (Å²) < 4.78 is 36.2. The number of hydrogen-bond acceptors (Lipinski definition) is 4. The fraction of sp³-hybridized carbons (Fsp3) is 0.0909. The first kappa shape index (κ1) is 13.2. The van der Waals surface area contributed by atoms with Gasteiger partial charge in [0, 0.05) is 12.4 Å². The van der Waals surface area contributed by atoms with Gasteiger partial charge < -0.3 is 5.32 Å². The highest BCUT2D eigenvalue weighted by molar-refractivity contribution is 7.86. The van der Waals surface area contributed by atoms with Crippen molar-refractivity contribution in [3.8, 4) is 0 Å². The topological polar surface area (TPSA) is 81.1 Å². The molecular weight excluding hydrogens is 273 g/mol. The van der Waals surface area contributed by atoms with Crippen LogP contribution in [0.4, 0.5) is 9.57 Å². The van der Waals surface area contributed by atoms with Gasteiger partial charge in [0.2, 0.25) is 5.91 Å². The molecule has 0 aliphatic carbocycles. The van der Waals surface area contributed by atoms with Gasteiger partial charge in [0.15, 0.2) is 0 Å². The van der Waals surface area contributed by atoms with Crippen molar-refractivity contribution in [1.82, 2.24) is 9.78 Å². The lowest BCUT2D eigenvalue weighted by Crippen LogP contribution is -2.20. The maximum absolute atomic E-state index is 13.0. The largest absolute Gasteiger partial charge is 0.334 e. The standard InChI is InChI=1S/C11H10FN3O3S/c12-19(17,18)10-5-2-1-4-9(10)14-11(16)8-15-7-3-6-13-15/h1-7H,8H2,(H,14,16). The van der Waals surface area contributed by atoms with Gasteiger partial charge in [-0.1, -0.05) is 12.1 Å². The number of carbonyl (C=O) groups excluding carboxylic acids is 1. The van der Waals surface area contributed by atoms with Gasteiger partial charge in [-0.3, -0.25) is 9.48 Å². The van der Waals surface area contributed by atoms with Gasteiger partial charge in [-0.05, 0) is 18.2 Å². The van der Waals surface area contributed by atoms with E-state index in [0.29, 0.717) is 0 Å². The molecule has 19 heavy (non-hydrogen) atoms. The van der Waals surface area contributed by atoms with Crippen molar-refractivity contribution in [1.29, 1.82) is 0 Å². The van der Waals surface area contributed by atoms with Crippen LogP contribution in [0.25, 0.3) is 0 Å². The van der Waals surface area contributed by atoms with Gasteiger partial charge in [0.1, 0.15) is 11.4 Å². The summed E-state index contributed by atoms with van der Waals surface area (Å²) in [6.07, 6.45) is 3.09. The average molecular weight is 283 g/mol. The van der Waals surface area contributed by atoms with Crippen LogP contribution < -0.4 is 5.32 Å². The Bertz CT molecular complexity index is 683. The van der Waals surface area contributed by atoms with E-state index in [4.69, 9.17) is 0 Å². The maximum atomic E-state index is 13.0. The molecule has 0 aliphatic rings. The van der Waals surface area contributed by atoms with E-state index in [9.17, 15) is 17.1 Å². The molecule has 2 rings (SSSR count). The van der Waals surface area contributed by atoms with E-state index in [2.05, 4.69) is 10.4 Å². The average Bonchev–Trinajstić information content (AvgIpc) is 2.81. The Balaban J connectivity index is 2.18. The van der Waals surface area contributed by atoms with Gasteiger partial charge in [-0.2, -0.15) is 13.5 Å². The van der Waals surface area contributed by atoms with E-state index < -0.39 is 21.0 Å². The predicted octanol–water partition coefficient (Wildman–Crippen LogP) is 1.18. The number of amides is 1. The summed E-state index contributed by atoms with van der Waals surface area (Å²) in [6, 6.07) is 6.91. The second-order valence-corrected chi connectivity index (χ2v) is 5.00. The molecule has 0 radical (unpaired) electrons. The number of nitrogens with zero attached hydrogens (tertiary/aromatic N) is 2. The third-order valence-corrected chi connectivity index (χ3v) is 3.17. The maximum Gasteiger partial charge on any atom is 0.334 e. The highest BCUT2D eigenvalue weighted by Crippen LogP contribution is 2.22. The van der Waals surface area contributed by atoms with Crippen molar-refractivity contribution in [2.45, 2.75) is 11.4 Å². The quantitative estimate of drug-likeness (QED) is 0.854. The zero-order chi connectivity index (χ0) is 13.9. The van der Waals surface area contributed by atoms with E-state index in [1.807, 2.05) is 0 Å². The monoisotopic (exact) mass is 283 g/mol. The van der Waals surface area contributed by atoms with Gasteiger partial charge >= 0.3 is 10.2 Å². The molecule has 0 saturated carbocycles. The summed E-state index contributed by atoms with van der Waals surface area (Å²) >= 11 is 0. The molecule has 1 amide bonds. The third kappa shape index (κ3) is 3.38. The lowest BCUT2D eigenvalue weighted by atomic mass is 10.3. The van der Waals surface area contributed by atoms with E-state index in [1.54, 1.807) is 12.3 Å². The summed E-state index contributed by atoms with van der Waals surface area (Å²) in [4.78, 5) is 11.1. The fourth-order valence-electron chi connectivity index (χ4n) is 1.51. The van der Waals surface area contributed by atoms with E-state index in [-0.39, 0.29) is 12.2 Å². The van der Waals surface area contributed by atoms with Crippen LogP contribution in [-0.2, 0) is 21.6 Å². The number of hydrogen-bond donors (Lipinski definition) is 1. The summed E-state index contributed by atoms with van der Waals surface area (Å²) in [6.45, 7) is -0.0896. The molecule has 0 spiro atoms. The van der Waals surface area contributed by atoms with Gasteiger partial charge in [-0.15, -0.1) is 3.89 Å². The van der Waals surface area contributed by atoms with E-state index in [0.717, 1.165) is 6.07 Å². The van der Waals surface area contributed by atoms with Gasteiger partial charge in [0.05, 0.1) is 5.69 Å². The Kier molecular flexibility index (Phi) is 3.61. The molecular formula is C11H10FN3O3S.